The first kappa shape index (κ1) is 17.4. The maximum Gasteiger partial charge on any atom is 0.217 e. The first-order valence-electron chi connectivity index (χ1n) is 7.79. The quantitative estimate of drug-likeness (QED) is 0.402. The van der Waals surface area contributed by atoms with Gasteiger partial charge in [-0.25, -0.2) is 5.10 Å². The van der Waals surface area contributed by atoms with Crippen LogP contribution in [-0.2, 0) is 5.75 Å². The molecule has 0 fully saturated rings. The highest BCUT2D eigenvalue weighted by molar-refractivity contribution is 7.98. The molecule has 2 aromatic carbocycles. The minimum Gasteiger partial charge on any atom is -0.378 e. The van der Waals surface area contributed by atoms with Crippen molar-refractivity contribution in [3.63, 3.8) is 0 Å². The molecular weight excluding hydrogens is 350 g/mol. The fraction of sp³-hybridized carbons (Fsp3) is 0.167. The molecule has 0 aliphatic rings. The van der Waals surface area contributed by atoms with Gasteiger partial charge in [-0.2, -0.15) is 9.78 Å². The molecule has 0 unspecified atom stereocenters. The highest BCUT2D eigenvalue weighted by atomic mass is 32.2. The van der Waals surface area contributed by atoms with Gasteiger partial charge in [-0.15, -0.1) is 5.10 Å². The number of rotatable bonds is 6. The molecule has 3 aromatic rings. The van der Waals surface area contributed by atoms with Gasteiger partial charge < -0.3 is 4.90 Å². The number of H-pyrrole nitrogens is 1. The molecule has 0 bridgehead atoms. The van der Waals surface area contributed by atoms with E-state index in [1.165, 1.54) is 5.56 Å². The van der Waals surface area contributed by atoms with E-state index in [9.17, 15) is 0 Å². The van der Waals surface area contributed by atoms with Crippen LogP contribution in [-0.4, -0.2) is 35.2 Å². The van der Waals surface area contributed by atoms with Crippen LogP contribution < -0.4 is 4.90 Å². The standard InChI is InChI=1S/C18H19N5S2/c1-22(2)16-10-8-14(9-11-16)12-19-23-17(24)20-21-18(23)25-13-15-6-4-3-5-7-15/h3-12H,13H2,1-2H3,(H,20,24)/b19-12-. The summed E-state index contributed by atoms with van der Waals surface area (Å²) in [5.41, 5.74) is 3.39. The zero-order chi connectivity index (χ0) is 17.6. The monoisotopic (exact) mass is 369 g/mol. The van der Waals surface area contributed by atoms with Gasteiger partial charge in [0.25, 0.3) is 0 Å². The predicted molar refractivity (Wildman–Crippen MR) is 107 cm³/mol. The minimum atomic E-state index is 0.483. The lowest BCUT2D eigenvalue weighted by atomic mass is 10.2. The van der Waals surface area contributed by atoms with E-state index in [4.69, 9.17) is 12.2 Å². The molecule has 0 saturated heterocycles. The third-order valence-corrected chi connectivity index (χ3v) is 4.83. The van der Waals surface area contributed by atoms with E-state index in [0.29, 0.717) is 4.77 Å². The fourth-order valence-corrected chi connectivity index (χ4v) is 3.27. The molecule has 0 spiro atoms. The number of thioether (sulfide) groups is 1. The third-order valence-electron chi connectivity index (χ3n) is 3.56. The molecule has 5 nitrogen and oxygen atoms in total. The summed E-state index contributed by atoms with van der Waals surface area (Å²) in [5, 5.41) is 12.3. The van der Waals surface area contributed by atoms with Crippen molar-refractivity contribution in [1.82, 2.24) is 14.9 Å². The lowest BCUT2D eigenvalue weighted by Gasteiger charge is -2.11. The topological polar surface area (TPSA) is 49.2 Å². The molecule has 0 atom stereocenters. The molecule has 0 saturated carbocycles. The van der Waals surface area contributed by atoms with Crippen molar-refractivity contribution in [2.75, 3.05) is 19.0 Å². The average molecular weight is 370 g/mol. The number of benzene rings is 2. The van der Waals surface area contributed by atoms with E-state index in [-0.39, 0.29) is 0 Å². The van der Waals surface area contributed by atoms with E-state index in [1.807, 2.05) is 44.4 Å². The van der Waals surface area contributed by atoms with Crippen LogP contribution in [0.3, 0.4) is 0 Å². The maximum absolute atomic E-state index is 5.29. The van der Waals surface area contributed by atoms with Crippen molar-refractivity contribution in [2.24, 2.45) is 5.10 Å². The smallest absolute Gasteiger partial charge is 0.217 e. The Kier molecular flexibility index (Phi) is 5.67. The highest BCUT2D eigenvalue weighted by Crippen LogP contribution is 2.21. The van der Waals surface area contributed by atoms with Crippen molar-refractivity contribution in [1.29, 1.82) is 0 Å². The Balaban J connectivity index is 1.74. The molecule has 1 heterocycles. The number of aromatic nitrogens is 3. The summed E-state index contributed by atoms with van der Waals surface area (Å²) >= 11 is 6.88. The second-order valence-corrected chi connectivity index (χ2v) is 6.96. The van der Waals surface area contributed by atoms with Crippen molar-refractivity contribution in [2.45, 2.75) is 10.9 Å². The third kappa shape index (κ3) is 4.58. The Morgan fingerprint density at radius 1 is 1.16 bits per heavy atom. The zero-order valence-electron chi connectivity index (χ0n) is 14.1. The van der Waals surface area contributed by atoms with Gasteiger partial charge >= 0.3 is 0 Å². The van der Waals surface area contributed by atoms with E-state index in [1.54, 1.807) is 22.7 Å². The second-order valence-electron chi connectivity index (χ2n) is 5.63. The Morgan fingerprint density at radius 3 is 2.56 bits per heavy atom. The summed E-state index contributed by atoms with van der Waals surface area (Å²) in [4.78, 5) is 2.06. The van der Waals surface area contributed by atoms with Gasteiger partial charge in [-0.1, -0.05) is 54.2 Å². The number of aromatic amines is 1. The summed E-state index contributed by atoms with van der Waals surface area (Å²) in [6.45, 7) is 0. The number of nitrogens with zero attached hydrogens (tertiary/aromatic N) is 4. The van der Waals surface area contributed by atoms with Crippen LogP contribution in [0, 0.1) is 4.77 Å². The van der Waals surface area contributed by atoms with Crippen molar-refractivity contribution in [3.8, 4) is 0 Å². The molecule has 0 aliphatic heterocycles. The summed E-state index contributed by atoms with van der Waals surface area (Å²) < 4.78 is 2.14. The van der Waals surface area contributed by atoms with Crippen LogP contribution >= 0.6 is 24.0 Å². The van der Waals surface area contributed by atoms with Crippen LogP contribution in [0.15, 0.2) is 64.9 Å². The van der Waals surface area contributed by atoms with E-state index in [2.05, 4.69) is 44.5 Å². The molecule has 1 N–H and O–H groups in total. The van der Waals surface area contributed by atoms with Crippen LogP contribution in [0.25, 0.3) is 0 Å². The van der Waals surface area contributed by atoms with Crippen molar-refractivity contribution in [3.05, 3.63) is 70.5 Å². The van der Waals surface area contributed by atoms with E-state index < -0.39 is 0 Å². The van der Waals surface area contributed by atoms with Crippen LogP contribution in [0.5, 0.6) is 0 Å². The lowest BCUT2D eigenvalue weighted by molar-refractivity contribution is 0.759. The normalized spacial score (nSPS) is 11.1. The molecular formula is C18H19N5S2. The van der Waals surface area contributed by atoms with Gasteiger partial charge in [0, 0.05) is 25.5 Å². The molecule has 0 amide bonds. The second kappa shape index (κ2) is 8.13. The van der Waals surface area contributed by atoms with Crippen molar-refractivity contribution < 1.29 is 0 Å². The summed E-state index contributed by atoms with van der Waals surface area (Å²) in [5.74, 6) is 0.813. The van der Waals surface area contributed by atoms with Gasteiger partial charge in [-0.05, 0) is 35.5 Å². The molecule has 0 aliphatic carbocycles. The Morgan fingerprint density at radius 2 is 1.88 bits per heavy atom. The van der Waals surface area contributed by atoms with Crippen molar-refractivity contribution >= 4 is 35.9 Å². The van der Waals surface area contributed by atoms with E-state index in [0.717, 1.165) is 22.2 Å². The minimum absolute atomic E-state index is 0.483. The van der Waals surface area contributed by atoms with Gasteiger partial charge in [0.2, 0.25) is 9.93 Å². The van der Waals surface area contributed by atoms with Gasteiger partial charge in [-0.3, -0.25) is 0 Å². The number of nitrogens with one attached hydrogen (secondary N) is 1. The first-order chi connectivity index (χ1) is 12.1. The molecule has 3 rings (SSSR count). The van der Waals surface area contributed by atoms with Crippen LogP contribution in [0.2, 0.25) is 0 Å². The average Bonchev–Trinajstić information content (AvgIpc) is 2.99. The van der Waals surface area contributed by atoms with E-state index >= 15 is 0 Å². The summed E-state index contributed by atoms with van der Waals surface area (Å²) in [7, 11) is 4.04. The van der Waals surface area contributed by atoms with Gasteiger partial charge in [0.15, 0.2) is 0 Å². The Bertz CT molecular complexity index is 895. The summed E-state index contributed by atoms with van der Waals surface area (Å²) in [6.07, 6.45) is 1.79. The Labute approximate surface area is 156 Å². The SMILES string of the molecule is CN(C)c1ccc(/C=N\n2c(SCc3ccccc3)n[nH]c2=S)cc1. The number of hydrogen-bond donors (Lipinski definition) is 1. The zero-order valence-corrected chi connectivity index (χ0v) is 15.7. The maximum atomic E-state index is 5.29. The molecule has 1 aromatic heterocycles. The lowest BCUT2D eigenvalue weighted by Crippen LogP contribution is -2.08. The highest BCUT2D eigenvalue weighted by Gasteiger charge is 2.06. The molecule has 7 heteroatoms. The molecule has 25 heavy (non-hydrogen) atoms. The summed E-state index contributed by atoms with van der Waals surface area (Å²) in [6, 6.07) is 18.4. The van der Waals surface area contributed by atoms with Crippen LogP contribution in [0.1, 0.15) is 11.1 Å². The van der Waals surface area contributed by atoms with Crippen LogP contribution in [0.4, 0.5) is 5.69 Å². The predicted octanol–water partition coefficient (Wildman–Crippen LogP) is 4.18. The molecule has 0 radical (unpaired) electrons. The number of hydrogen-bond acceptors (Lipinski definition) is 5. The fourth-order valence-electron chi connectivity index (χ4n) is 2.18. The number of anilines is 1. The van der Waals surface area contributed by atoms with Gasteiger partial charge in [0.1, 0.15) is 0 Å². The van der Waals surface area contributed by atoms with Gasteiger partial charge in [0.05, 0.1) is 6.21 Å². The Hall–Kier alpha value is -2.38. The largest absolute Gasteiger partial charge is 0.378 e. The first-order valence-corrected chi connectivity index (χ1v) is 9.19. The molecule has 128 valence electrons.